The minimum Gasteiger partial charge on any atom is -0.394 e. The molecule has 1 aliphatic rings. The Morgan fingerprint density at radius 1 is 1.11 bits per heavy atom. The Morgan fingerprint density at radius 3 is 2.37 bits per heavy atom. The zero-order valence-corrected chi connectivity index (χ0v) is 16.1. The molecule has 0 aliphatic heterocycles. The van der Waals surface area contributed by atoms with Crippen LogP contribution in [0.2, 0.25) is 0 Å². The first kappa shape index (κ1) is 18.0. The van der Waals surface area contributed by atoms with Crippen LogP contribution < -0.4 is 5.32 Å². The van der Waals surface area contributed by atoms with Crippen molar-refractivity contribution in [2.45, 2.75) is 25.3 Å². The number of hydrogen-bond donors (Lipinski definition) is 2. The van der Waals surface area contributed by atoms with E-state index in [2.05, 4.69) is 48.0 Å². The smallest absolute Gasteiger partial charge is 0.224 e. The number of nitrogens with one attached hydrogen (secondary N) is 1. The summed E-state index contributed by atoms with van der Waals surface area (Å²) in [7, 11) is 0. The summed E-state index contributed by atoms with van der Waals surface area (Å²) in [6, 6.07) is 20.2. The second kappa shape index (κ2) is 7.67. The molecule has 1 heterocycles. The summed E-state index contributed by atoms with van der Waals surface area (Å²) in [6.45, 7) is 1.97. The quantitative estimate of drug-likeness (QED) is 0.655. The van der Waals surface area contributed by atoms with Gasteiger partial charge in [-0.1, -0.05) is 60.2 Å². The van der Waals surface area contributed by atoms with Gasteiger partial charge in [-0.15, -0.1) is 11.3 Å². The maximum atomic E-state index is 12.6. The first-order valence-corrected chi connectivity index (χ1v) is 10.2. The lowest BCUT2D eigenvalue weighted by Gasteiger charge is -2.17. The van der Waals surface area contributed by atoms with Crippen molar-refractivity contribution in [3.8, 4) is 11.1 Å². The topological polar surface area (TPSA) is 49.3 Å². The fraction of sp³-hybridized carbons (Fsp3) is 0.261. The highest BCUT2D eigenvalue weighted by atomic mass is 32.1. The third kappa shape index (κ3) is 3.97. The summed E-state index contributed by atoms with van der Waals surface area (Å²) >= 11 is 1.71. The van der Waals surface area contributed by atoms with Crippen LogP contribution in [0.3, 0.4) is 0 Å². The van der Waals surface area contributed by atoms with Gasteiger partial charge in [0.1, 0.15) is 0 Å². The van der Waals surface area contributed by atoms with Crippen molar-refractivity contribution in [2.24, 2.45) is 5.92 Å². The molecule has 1 saturated carbocycles. The Balaban J connectivity index is 1.42. The van der Waals surface area contributed by atoms with E-state index in [1.807, 2.05) is 30.3 Å². The first-order chi connectivity index (χ1) is 13.2. The van der Waals surface area contributed by atoms with E-state index in [4.69, 9.17) is 0 Å². The highest BCUT2D eigenvalue weighted by Crippen LogP contribution is 2.49. The van der Waals surface area contributed by atoms with Crippen molar-refractivity contribution in [3.63, 3.8) is 0 Å². The largest absolute Gasteiger partial charge is 0.394 e. The first-order valence-electron chi connectivity index (χ1n) is 9.27. The molecule has 0 bridgehead atoms. The molecule has 27 heavy (non-hydrogen) atoms. The lowest BCUT2D eigenvalue weighted by Crippen LogP contribution is -2.32. The molecule has 1 amide bonds. The number of thiophene rings is 1. The van der Waals surface area contributed by atoms with Crippen LogP contribution in [-0.2, 0) is 4.79 Å². The normalized spacial score (nSPS) is 19.5. The number of hydrogen-bond acceptors (Lipinski definition) is 3. The monoisotopic (exact) mass is 377 g/mol. The number of rotatable bonds is 6. The third-order valence-electron chi connectivity index (χ3n) is 5.23. The van der Waals surface area contributed by atoms with Crippen LogP contribution in [0.25, 0.3) is 11.1 Å². The van der Waals surface area contributed by atoms with Gasteiger partial charge in [0.2, 0.25) is 5.91 Å². The molecule has 3 nitrogen and oxygen atoms in total. The van der Waals surface area contributed by atoms with Crippen LogP contribution in [0.15, 0.2) is 66.0 Å². The van der Waals surface area contributed by atoms with E-state index in [9.17, 15) is 9.90 Å². The van der Waals surface area contributed by atoms with Gasteiger partial charge in [0, 0.05) is 16.7 Å². The Bertz CT molecular complexity index is 901. The fourth-order valence-corrected chi connectivity index (χ4v) is 4.38. The van der Waals surface area contributed by atoms with Gasteiger partial charge in [0.25, 0.3) is 0 Å². The highest BCUT2D eigenvalue weighted by molar-refractivity contribution is 7.10. The van der Waals surface area contributed by atoms with Gasteiger partial charge in [-0.3, -0.25) is 4.79 Å². The van der Waals surface area contributed by atoms with E-state index in [1.165, 1.54) is 10.4 Å². The van der Waals surface area contributed by atoms with Gasteiger partial charge in [-0.25, -0.2) is 0 Å². The molecule has 0 unspecified atom stereocenters. The highest BCUT2D eigenvalue weighted by Gasteiger charge is 2.45. The molecule has 4 heteroatoms. The maximum absolute atomic E-state index is 12.6. The van der Waals surface area contributed by atoms with Crippen molar-refractivity contribution in [2.75, 3.05) is 6.61 Å². The Labute approximate surface area is 163 Å². The van der Waals surface area contributed by atoms with E-state index in [1.54, 1.807) is 11.3 Å². The summed E-state index contributed by atoms with van der Waals surface area (Å²) in [4.78, 5) is 13.8. The van der Waals surface area contributed by atoms with Gasteiger partial charge in [0.05, 0.1) is 12.6 Å². The summed E-state index contributed by atoms with van der Waals surface area (Å²) < 4.78 is 0. The Morgan fingerprint density at radius 2 is 1.78 bits per heavy atom. The third-order valence-corrected chi connectivity index (χ3v) is 6.24. The zero-order valence-electron chi connectivity index (χ0n) is 15.3. The summed E-state index contributed by atoms with van der Waals surface area (Å²) in [6.07, 6.45) is 0.900. The summed E-state index contributed by atoms with van der Waals surface area (Å²) in [5.74, 6) is 0.410. The molecule has 3 atom stereocenters. The molecule has 4 rings (SSSR count). The average Bonchev–Trinajstić information content (AvgIpc) is 3.32. The van der Waals surface area contributed by atoms with Gasteiger partial charge in [-0.05, 0) is 41.5 Å². The number of aliphatic hydroxyl groups excluding tert-OH is 1. The van der Waals surface area contributed by atoms with E-state index in [0.29, 0.717) is 5.92 Å². The molecule has 0 radical (unpaired) electrons. The number of amides is 1. The molecule has 2 aromatic carbocycles. The molecule has 2 N–H and O–H groups in total. The standard InChI is InChI=1S/C23H23NO2S/c1-15-4-6-16(7-5-15)17-8-10-18(11-9-17)21(14-25)24-23(26)20-13-19(20)22-3-2-12-27-22/h2-12,19-21,25H,13-14H2,1H3,(H,24,26)/t19-,20-,21-/m0/s1. The minimum absolute atomic E-state index is 0.0320. The predicted octanol–water partition coefficient (Wildman–Crippen LogP) is 4.68. The van der Waals surface area contributed by atoms with E-state index in [-0.39, 0.29) is 24.5 Å². The zero-order chi connectivity index (χ0) is 18.8. The van der Waals surface area contributed by atoms with Crippen LogP contribution >= 0.6 is 11.3 Å². The summed E-state index contributed by atoms with van der Waals surface area (Å²) in [5.41, 5.74) is 4.45. The molecule has 1 aliphatic carbocycles. The fourth-order valence-electron chi connectivity index (χ4n) is 3.47. The van der Waals surface area contributed by atoms with Gasteiger partial charge in [-0.2, -0.15) is 0 Å². The Hall–Kier alpha value is -2.43. The molecular formula is C23H23NO2S. The predicted molar refractivity (Wildman–Crippen MR) is 110 cm³/mol. The van der Waals surface area contributed by atoms with Gasteiger partial charge < -0.3 is 10.4 Å². The van der Waals surface area contributed by atoms with Crippen molar-refractivity contribution in [3.05, 3.63) is 82.0 Å². The molecule has 0 spiro atoms. The minimum atomic E-state index is -0.367. The van der Waals surface area contributed by atoms with Crippen molar-refractivity contribution < 1.29 is 9.90 Å². The van der Waals surface area contributed by atoms with Gasteiger partial charge >= 0.3 is 0 Å². The lowest BCUT2D eigenvalue weighted by atomic mass is 10.00. The molecule has 1 aromatic heterocycles. The van der Waals surface area contributed by atoms with Crippen LogP contribution in [-0.4, -0.2) is 17.6 Å². The Kier molecular flexibility index (Phi) is 5.10. The SMILES string of the molecule is Cc1ccc(-c2ccc([C@H](CO)NC(=O)[C@H]3C[C@@H]3c3cccs3)cc2)cc1. The second-order valence-electron chi connectivity index (χ2n) is 7.20. The maximum Gasteiger partial charge on any atom is 0.224 e. The number of aliphatic hydroxyl groups is 1. The summed E-state index contributed by atoms with van der Waals surface area (Å²) in [5, 5.41) is 14.9. The molecule has 0 saturated heterocycles. The van der Waals surface area contributed by atoms with Crippen molar-refractivity contribution in [1.29, 1.82) is 0 Å². The molecular weight excluding hydrogens is 354 g/mol. The van der Waals surface area contributed by atoms with Crippen LogP contribution in [0.1, 0.15) is 34.4 Å². The lowest BCUT2D eigenvalue weighted by molar-refractivity contribution is -0.123. The van der Waals surface area contributed by atoms with Crippen molar-refractivity contribution in [1.82, 2.24) is 5.32 Å². The van der Waals surface area contributed by atoms with Crippen molar-refractivity contribution >= 4 is 17.2 Å². The van der Waals surface area contributed by atoms with Crippen LogP contribution in [0, 0.1) is 12.8 Å². The second-order valence-corrected chi connectivity index (χ2v) is 8.18. The van der Waals surface area contributed by atoms with Gasteiger partial charge in [0.15, 0.2) is 0 Å². The van der Waals surface area contributed by atoms with E-state index < -0.39 is 0 Å². The molecule has 3 aromatic rings. The average molecular weight is 378 g/mol. The van der Waals surface area contributed by atoms with E-state index in [0.717, 1.165) is 23.1 Å². The number of benzene rings is 2. The molecule has 138 valence electrons. The van der Waals surface area contributed by atoms with Crippen LogP contribution in [0.4, 0.5) is 0 Å². The van der Waals surface area contributed by atoms with Crippen LogP contribution in [0.5, 0.6) is 0 Å². The number of carbonyl (C=O) groups excluding carboxylic acids is 1. The number of carbonyl (C=O) groups is 1. The number of aryl methyl sites for hydroxylation is 1. The molecule has 1 fully saturated rings. The van der Waals surface area contributed by atoms with E-state index >= 15 is 0 Å².